The van der Waals surface area contributed by atoms with Gasteiger partial charge < -0.3 is 0 Å². The molecule has 0 unspecified atom stereocenters. The standard InChI is InChI=1S/C15H14N2/c1-3-15-9-14(8-11(2)17-15)13-6-4-12(10-16)5-7-13/h4-9H,3H2,1-2H3. The van der Waals surface area contributed by atoms with Crippen LogP contribution in [-0.4, -0.2) is 4.98 Å². The molecule has 2 heteroatoms. The number of pyridine rings is 1. The Morgan fingerprint density at radius 2 is 1.82 bits per heavy atom. The van der Waals surface area contributed by atoms with Gasteiger partial charge >= 0.3 is 0 Å². The summed E-state index contributed by atoms with van der Waals surface area (Å²) in [6, 6.07) is 13.9. The maximum atomic E-state index is 8.77. The van der Waals surface area contributed by atoms with Crippen LogP contribution in [0.2, 0.25) is 0 Å². The van der Waals surface area contributed by atoms with Crippen LogP contribution in [0.15, 0.2) is 36.4 Å². The molecular formula is C15H14N2. The van der Waals surface area contributed by atoms with Crippen molar-refractivity contribution in [2.75, 3.05) is 0 Å². The fourth-order valence-electron chi connectivity index (χ4n) is 1.82. The first kappa shape index (κ1) is 11.3. The van der Waals surface area contributed by atoms with Crippen LogP contribution in [0.5, 0.6) is 0 Å². The first-order chi connectivity index (χ1) is 8.22. The van der Waals surface area contributed by atoms with E-state index in [1.807, 2.05) is 31.2 Å². The summed E-state index contributed by atoms with van der Waals surface area (Å²) >= 11 is 0. The summed E-state index contributed by atoms with van der Waals surface area (Å²) in [6.07, 6.45) is 0.935. The summed E-state index contributed by atoms with van der Waals surface area (Å²) in [4.78, 5) is 4.46. The third-order valence-electron chi connectivity index (χ3n) is 2.72. The lowest BCUT2D eigenvalue weighted by Crippen LogP contribution is -1.91. The van der Waals surface area contributed by atoms with Gasteiger partial charge in [-0.05, 0) is 48.7 Å². The summed E-state index contributed by atoms with van der Waals surface area (Å²) in [5.41, 5.74) is 5.12. The van der Waals surface area contributed by atoms with E-state index in [4.69, 9.17) is 5.26 Å². The second-order valence-corrected chi connectivity index (χ2v) is 4.03. The molecule has 0 saturated heterocycles. The van der Waals surface area contributed by atoms with Gasteiger partial charge in [-0.1, -0.05) is 19.1 Å². The number of aromatic nitrogens is 1. The Labute approximate surface area is 102 Å². The summed E-state index contributed by atoms with van der Waals surface area (Å²) in [5.74, 6) is 0. The van der Waals surface area contributed by atoms with Gasteiger partial charge in [-0.3, -0.25) is 4.98 Å². The Hall–Kier alpha value is -2.14. The largest absolute Gasteiger partial charge is 0.258 e. The Morgan fingerprint density at radius 1 is 1.12 bits per heavy atom. The molecule has 0 aliphatic rings. The van der Waals surface area contributed by atoms with Crippen molar-refractivity contribution in [2.24, 2.45) is 0 Å². The van der Waals surface area contributed by atoms with Crippen LogP contribution in [-0.2, 0) is 6.42 Å². The van der Waals surface area contributed by atoms with E-state index in [1.165, 1.54) is 5.56 Å². The van der Waals surface area contributed by atoms with Gasteiger partial charge in [0.2, 0.25) is 0 Å². The van der Waals surface area contributed by atoms with Crippen molar-refractivity contribution in [3.05, 3.63) is 53.3 Å². The maximum absolute atomic E-state index is 8.77. The normalized spacial score (nSPS) is 9.94. The van der Waals surface area contributed by atoms with Crippen molar-refractivity contribution in [1.29, 1.82) is 5.26 Å². The van der Waals surface area contributed by atoms with Crippen LogP contribution in [0, 0.1) is 18.3 Å². The zero-order valence-corrected chi connectivity index (χ0v) is 10.1. The van der Waals surface area contributed by atoms with E-state index in [2.05, 4.69) is 30.1 Å². The fourth-order valence-corrected chi connectivity index (χ4v) is 1.82. The second-order valence-electron chi connectivity index (χ2n) is 4.03. The number of hydrogen-bond acceptors (Lipinski definition) is 2. The van der Waals surface area contributed by atoms with Gasteiger partial charge in [-0.25, -0.2) is 0 Å². The Balaban J connectivity index is 2.45. The summed E-state index contributed by atoms with van der Waals surface area (Å²) in [5, 5.41) is 8.77. The highest BCUT2D eigenvalue weighted by atomic mass is 14.7. The first-order valence-electron chi connectivity index (χ1n) is 5.71. The Kier molecular flexibility index (Phi) is 3.20. The molecule has 0 aliphatic carbocycles. The van der Waals surface area contributed by atoms with Crippen molar-refractivity contribution >= 4 is 0 Å². The number of nitrogens with zero attached hydrogens (tertiary/aromatic N) is 2. The summed E-state index contributed by atoms with van der Waals surface area (Å²) in [6.45, 7) is 4.11. The van der Waals surface area contributed by atoms with Crippen LogP contribution in [0.3, 0.4) is 0 Å². The zero-order valence-electron chi connectivity index (χ0n) is 10.1. The van der Waals surface area contributed by atoms with E-state index < -0.39 is 0 Å². The van der Waals surface area contributed by atoms with Gasteiger partial charge in [0.05, 0.1) is 11.6 Å². The van der Waals surface area contributed by atoms with E-state index in [0.29, 0.717) is 5.56 Å². The molecule has 1 heterocycles. The highest BCUT2D eigenvalue weighted by molar-refractivity contribution is 5.64. The topological polar surface area (TPSA) is 36.7 Å². The molecule has 0 N–H and O–H groups in total. The Bertz CT molecular complexity index is 562. The molecule has 2 rings (SSSR count). The van der Waals surface area contributed by atoms with Crippen LogP contribution < -0.4 is 0 Å². The molecule has 0 aliphatic heterocycles. The third kappa shape index (κ3) is 2.51. The van der Waals surface area contributed by atoms with Gasteiger partial charge in [-0.15, -0.1) is 0 Å². The number of benzene rings is 1. The third-order valence-corrected chi connectivity index (χ3v) is 2.72. The Morgan fingerprint density at radius 3 is 2.41 bits per heavy atom. The minimum Gasteiger partial charge on any atom is -0.258 e. The molecule has 0 saturated carbocycles. The predicted molar refractivity (Wildman–Crippen MR) is 68.5 cm³/mol. The monoisotopic (exact) mass is 222 g/mol. The number of hydrogen-bond donors (Lipinski definition) is 0. The van der Waals surface area contributed by atoms with Crippen LogP contribution >= 0.6 is 0 Å². The average Bonchev–Trinajstić information content (AvgIpc) is 2.38. The molecule has 84 valence electrons. The number of nitriles is 1. The van der Waals surface area contributed by atoms with E-state index in [9.17, 15) is 0 Å². The van der Waals surface area contributed by atoms with Crippen LogP contribution in [0.4, 0.5) is 0 Å². The zero-order chi connectivity index (χ0) is 12.3. The molecule has 2 nitrogen and oxygen atoms in total. The predicted octanol–water partition coefficient (Wildman–Crippen LogP) is 3.49. The van der Waals surface area contributed by atoms with Crippen molar-refractivity contribution in [2.45, 2.75) is 20.3 Å². The minimum absolute atomic E-state index is 0.690. The lowest BCUT2D eigenvalue weighted by atomic mass is 10.0. The van der Waals surface area contributed by atoms with Crippen LogP contribution in [0.1, 0.15) is 23.9 Å². The SMILES string of the molecule is CCc1cc(-c2ccc(C#N)cc2)cc(C)n1. The van der Waals surface area contributed by atoms with Gasteiger partial charge in [0.25, 0.3) is 0 Å². The number of aryl methyl sites for hydroxylation is 2. The molecule has 0 radical (unpaired) electrons. The van der Waals surface area contributed by atoms with E-state index >= 15 is 0 Å². The summed E-state index contributed by atoms with van der Waals surface area (Å²) in [7, 11) is 0. The lowest BCUT2D eigenvalue weighted by Gasteiger charge is -2.05. The van der Waals surface area contributed by atoms with Crippen molar-refractivity contribution in [3.8, 4) is 17.2 Å². The van der Waals surface area contributed by atoms with Gasteiger partial charge in [0, 0.05) is 11.4 Å². The number of rotatable bonds is 2. The van der Waals surface area contributed by atoms with Crippen LogP contribution in [0.25, 0.3) is 11.1 Å². The molecule has 2 aromatic rings. The molecule has 0 fully saturated rings. The average molecular weight is 222 g/mol. The van der Waals surface area contributed by atoms with Crippen molar-refractivity contribution in [3.63, 3.8) is 0 Å². The highest BCUT2D eigenvalue weighted by Gasteiger charge is 2.02. The molecule has 1 aromatic heterocycles. The first-order valence-corrected chi connectivity index (χ1v) is 5.71. The fraction of sp³-hybridized carbons (Fsp3) is 0.200. The lowest BCUT2D eigenvalue weighted by molar-refractivity contribution is 1.01. The van der Waals surface area contributed by atoms with Gasteiger partial charge in [0.15, 0.2) is 0 Å². The van der Waals surface area contributed by atoms with E-state index in [1.54, 1.807) is 0 Å². The molecule has 1 aromatic carbocycles. The molecule has 17 heavy (non-hydrogen) atoms. The van der Waals surface area contributed by atoms with Crippen molar-refractivity contribution < 1.29 is 0 Å². The second kappa shape index (κ2) is 4.80. The molecule has 0 bridgehead atoms. The molecular weight excluding hydrogens is 208 g/mol. The van der Waals surface area contributed by atoms with Crippen molar-refractivity contribution in [1.82, 2.24) is 4.98 Å². The minimum atomic E-state index is 0.690. The van der Waals surface area contributed by atoms with Gasteiger partial charge in [-0.2, -0.15) is 5.26 Å². The molecule has 0 amide bonds. The van der Waals surface area contributed by atoms with E-state index in [-0.39, 0.29) is 0 Å². The van der Waals surface area contributed by atoms with Gasteiger partial charge in [0.1, 0.15) is 0 Å². The molecule has 0 spiro atoms. The van der Waals surface area contributed by atoms with E-state index in [0.717, 1.165) is 23.4 Å². The molecule has 0 atom stereocenters. The highest BCUT2D eigenvalue weighted by Crippen LogP contribution is 2.21. The summed E-state index contributed by atoms with van der Waals surface area (Å²) < 4.78 is 0. The maximum Gasteiger partial charge on any atom is 0.0991 e. The smallest absolute Gasteiger partial charge is 0.0991 e. The quantitative estimate of drug-likeness (QED) is 0.779.